The van der Waals surface area contributed by atoms with Crippen molar-refractivity contribution in [1.82, 2.24) is 5.32 Å². The SMILES string of the molecule is CNCC1(Cc2ccccc2)CC2CC2C1. The van der Waals surface area contributed by atoms with Gasteiger partial charge in [0.25, 0.3) is 0 Å². The zero-order valence-electron chi connectivity index (χ0n) is 10.1. The molecule has 1 N–H and O–H groups in total. The molecule has 0 saturated heterocycles. The molecule has 0 heterocycles. The van der Waals surface area contributed by atoms with E-state index in [2.05, 4.69) is 42.7 Å². The Bertz CT molecular complexity index is 347. The molecule has 2 fully saturated rings. The number of fused-ring (bicyclic) bond motifs is 1. The number of hydrogen-bond donors (Lipinski definition) is 1. The summed E-state index contributed by atoms with van der Waals surface area (Å²) in [6.45, 7) is 1.19. The first kappa shape index (κ1) is 10.3. The number of hydrogen-bond acceptors (Lipinski definition) is 1. The standard InChI is InChI=1S/C15H21N/c1-16-11-15(9-13-7-14(13)10-15)8-12-5-3-2-4-6-12/h2-6,13-14,16H,7-11H2,1H3. The molecule has 1 heteroatoms. The van der Waals surface area contributed by atoms with Crippen molar-refractivity contribution >= 4 is 0 Å². The Balaban J connectivity index is 1.74. The van der Waals surface area contributed by atoms with E-state index in [9.17, 15) is 0 Å². The first-order chi connectivity index (χ1) is 7.81. The molecule has 1 aromatic carbocycles. The van der Waals surface area contributed by atoms with E-state index < -0.39 is 0 Å². The smallest absolute Gasteiger partial charge is 0.000820 e. The molecule has 0 bridgehead atoms. The Kier molecular flexibility index (Phi) is 2.51. The van der Waals surface area contributed by atoms with Crippen LogP contribution in [0.3, 0.4) is 0 Å². The van der Waals surface area contributed by atoms with Gasteiger partial charge in [0.15, 0.2) is 0 Å². The fourth-order valence-electron chi connectivity index (χ4n) is 3.76. The van der Waals surface area contributed by atoms with E-state index in [1.165, 1.54) is 37.8 Å². The predicted molar refractivity (Wildman–Crippen MR) is 67.3 cm³/mol. The van der Waals surface area contributed by atoms with Gasteiger partial charge in [-0.25, -0.2) is 0 Å². The van der Waals surface area contributed by atoms with Crippen LogP contribution >= 0.6 is 0 Å². The number of nitrogens with one attached hydrogen (secondary N) is 1. The summed E-state index contributed by atoms with van der Waals surface area (Å²) in [6, 6.07) is 11.0. The Morgan fingerprint density at radius 1 is 1.19 bits per heavy atom. The molecule has 1 aromatic rings. The lowest BCUT2D eigenvalue weighted by atomic mass is 9.77. The van der Waals surface area contributed by atoms with E-state index >= 15 is 0 Å². The summed E-state index contributed by atoms with van der Waals surface area (Å²) < 4.78 is 0. The second kappa shape index (κ2) is 3.89. The molecule has 0 amide bonds. The third kappa shape index (κ3) is 1.89. The minimum absolute atomic E-state index is 0.559. The summed E-state index contributed by atoms with van der Waals surface area (Å²) in [5, 5.41) is 3.41. The molecule has 0 spiro atoms. The highest BCUT2D eigenvalue weighted by Gasteiger charge is 2.53. The normalized spacial score (nSPS) is 36.1. The van der Waals surface area contributed by atoms with Gasteiger partial charge in [-0.1, -0.05) is 30.3 Å². The highest BCUT2D eigenvalue weighted by Crippen LogP contribution is 2.60. The monoisotopic (exact) mass is 215 g/mol. The predicted octanol–water partition coefficient (Wildman–Crippen LogP) is 2.86. The fourth-order valence-corrected chi connectivity index (χ4v) is 3.76. The molecule has 2 aliphatic carbocycles. The zero-order valence-corrected chi connectivity index (χ0v) is 10.1. The quantitative estimate of drug-likeness (QED) is 0.814. The Morgan fingerprint density at radius 3 is 2.50 bits per heavy atom. The van der Waals surface area contributed by atoms with Crippen LogP contribution in [0.15, 0.2) is 30.3 Å². The van der Waals surface area contributed by atoms with Crippen LogP contribution in [0, 0.1) is 17.3 Å². The second-order valence-corrected chi connectivity index (χ2v) is 5.86. The minimum Gasteiger partial charge on any atom is -0.319 e. The number of rotatable bonds is 4. The first-order valence-electron chi connectivity index (χ1n) is 6.50. The molecule has 0 radical (unpaired) electrons. The molecule has 3 rings (SSSR count). The molecule has 86 valence electrons. The van der Waals surface area contributed by atoms with Crippen molar-refractivity contribution in [3.05, 3.63) is 35.9 Å². The van der Waals surface area contributed by atoms with Gasteiger partial charge in [0.05, 0.1) is 0 Å². The third-order valence-electron chi connectivity index (χ3n) is 4.43. The molecule has 1 nitrogen and oxygen atoms in total. The molecule has 16 heavy (non-hydrogen) atoms. The van der Waals surface area contributed by atoms with Gasteiger partial charge in [0.1, 0.15) is 0 Å². The molecule has 2 saturated carbocycles. The summed E-state index contributed by atoms with van der Waals surface area (Å²) in [5.74, 6) is 2.13. The topological polar surface area (TPSA) is 12.0 Å². The van der Waals surface area contributed by atoms with Gasteiger partial charge in [-0.2, -0.15) is 0 Å². The van der Waals surface area contributed by atoms with E-state index in [-0.39, 0.29) is 0 Å². The first-order valence-corrected chi connectivity index (χ1v) is 6.50. The van der Waals surface area contributed by atoms with E-state index in [0.717, 1.165) is 11.8 Å². The summed E-state index contributed by atoms with van der Waals surface area (Å²) >= 11 is 0. The summed E-state index contributed by atoms with van der Waals surface area (Å²) in [6.07, 6.45) is 5.68. The Hall–Kier alpha value is -0.820. The molecule has 0 aliphatic heterocycles. The minimum atomic E-state index is 0.559. The average molecular weight is 215 g/mol. The summed E-state index contributed by atoms with van der Waals surface area (Å²) in [5.41, 5.74) is 2.07. The lowest BCUT2D eigenvalue weighted by Gasteiger charge is -2.31. The highest BCUT2D eigenvalue weighted by molar-refractivity contribution is 5.19. The molecular formula is C15H21N. The van der Waals surface area contributed by atoms with Crippen LogP contribution in [0.2, 0.25) is 0 Å². The van der Waals surface area contributed by atoms with Gasteiger partial charge >= 0.3 is 0 Å². The van der Waals surface area contributed by atoms with E-state index in [0.29, 0.717) is 5.41 Å². The molecule has 2 unspecified atom stereocenters. The molecule has 2 aliphatic rings. The van der Waals surface area contributed by atoms with Crippen molar-refractivity contribution in [1.29, 1.82) is 0 Å². The summed E-state index contributed by atoms with van der Waals surface area (Å²) in [7, 11) is 2.09. The van der Waals surface area contributed by atoms with Gasteiger partial charge in [0, 0.05) is 6.54 Å². The maximum atomic E-state index is 3.41. The lowest BCUT2D eigenvalue weighted by Crippen LogP contribution is -2.33. The van der Waals surface area contributed by atoms with Crippen LogP contribution in [-0.2, 0) is 6.42 Å². The van der Waals surface area contributed by atoms with Gasteiger partial charge in [0.2, 0.25) is 0 Å². The zero-order chi connectivity index (χ0) is 11.0. The molecular weight excluding hydrogens is 194 g/mol. The Labute approximate surface area is 98.3 Å². The van der Waals surface area contributed by atoms with Crippen LogP contribution in [0.1, 0.15) is 24.8 Å². The largest absolute Gasteiger partial charge is 0.319 e. The van der Waals surface area contributed by atoms with Crippen LogP contribution in [0.25, 0.3) is 0 Å². The second-order valence-electron chi connectivity index (χ2n) is 5.86. The number of benzene rings is 1. The maximum Gasteiger partial charge on any atom is 0.000820 e. The van der Waals surface area contributed by atoms with Gasteiger partial charge in [-0.15, -0.1) is 0 Å². The van der Waals surface area contributed by atoms with Crippen molar-refractivity contribution in [3.8, 4) is 0 Å². The van der Waals surface area contributed by atoms with Crippen LogP contribution < -0.4 is 5.32 Å². The van der Waals surface area contributed by atoms with Crippen LogP contribution in [-0.4, -0.2) is 13.6 Å². The van der Waals surface area contributed by atoms with E-state index in [1.54, 1.807) is 0 Å². The van der Waals surface area contributed by atoms with Crippen molar-refractivity contribution in [2.24, 2.45) is 17.3 Å². The lowest BCUT2D eigenvalue weighted by molar-refractivity contribution is 0.255. The van der Waals surface area contributed by atoms with Crippen molar-refractivity contribution in [2.75, 3.05) is 13.6 Å². The van der Waals surface area contributed by atoms with Gasteiger partial charge in [-0.05, 0) is 55.5 Å². The Morgan fingerprint density at radius 2 is 1.88 bits per heavy atom. The van der Waals surface area contributed by atoms with E-state index in [1.807, 2.05) is 0 Å². The fraction of sp³-hybridized carbons (Fsp3) is 0.600. The van der Waals surface area contributed by atoms with Crippen molar-refractivity contribution < 1.29 is 0 Å². The highest BCUT2D eigenvalue weighted by atomic mass is 14.8. The van der Waals surface area contributed by atoms with Crippen molar-refractivity contribution in [2.45, 2.75) is 25.7 Å². The van der Waals surface area contributed by atoms with E-state index in [4.69, 9.17) is 0 Å². The van der Waals surface area contributed by atoms with Crippen molar-refractivity contribution in [3.63, 3.8) is 0 Å². The van der Waals surface area contributed by atoms with Crippen LogP contribution in [0.5, 0.6) is 0 Å². The maximum absolute atomic E-state index is 3.41. The molecule has 0 aromatic heterocycles. The van der Waals surface area contributed by atoms with Gasteiger partial charge in [-0.3, -0.25) is 0 Å². The molecule has 2 atom stereocenters. The average Bonchev–Trinajstić information content (AvgIpc) is 2.89. The summed E-state index contributed by atoms with van der Waals surface area (Å²) in [4.78, 5) is 0. The van der Waals surface area contributed by atoms with Crippen LogP contribution in [0.4, 0.5) is 0 Å². The third-order valence-corrected chi connectivity index (χ3v) is 4.43. The van der Waals surface area contributed by atoms with Gasteiger partial charge < -0.3 is 5.32 Å².